The van der Waals surface area contributed by atoms with E-state index in [0.29, 0.717) is 27.9 Å². The van der Waals surface area contributed by atoms with E-state index >= 15 is 0 Å². The maximum atomic E-state index is 12.4. The molecule has 1 aliphatic carbocycles. The minimum absolute atomic E-state index is 0.208. The minimum atomic E-state index is -0.208. The fraction of sp³-hybridized carbons (Fsp3) is 0.312. The van der Waals surface area contributed by atoms with E-state index in [9.17, 15) is 4.79 Å². The van der Waals surface area contributed by atoms with Gasteiger partial charge in [0.05, 0.1) is 11.3 Å². The number of halogens is 1. The molecule has 1 aromatic carbocycles. The predicted octanol–water partition coefficient (Wildman–Crippen LogP) is 3.88. The Morgan fingerprint density at radius 2 is 2.10 bits per heavy atom. The van der Waals surface area contributed by atoms with Gasteiger partial charge in [-0.2, -0.15) is 0 Å². The Morgan fingerprint density at radius 3 is 2.76 bits per heavy atom. The molecule has 2 aromatic rings. The van der Waals surface area contributed by atoms with Gasteiger partial charge in [-0.15, -0.1) is 0 Å². The zero-order valence-electron chi connectivity index (χ0n) is 12.0. The van der Waals surface area contributed by atoms with Crippen LogP contribution in [0, 0.1) is 13.8 Å². The van der Waals surface area contributed by atoms with Gasteiger partial charge in [-0.05, 0) is 44.4 Å². The van der Waals surface area contributed by atoms with Crippen molar-refractivity contribution in [2.45, 2.75) is 32.6 Å². The summed E-state index contributed by atoms with van der Waals surface area (Å²) in [4.78, 5) is 21.1. The maximum Gasteiger partial charge on any atom is 0.259 e. The monoisotopic (exact) mass is 301 g/mol. The Morgan fingerprint density at radius 1 is 1.33 bits per heavy atom. The van der Waals surface area contributed by atoms with Crippen molar-refractivity contribution < 1.29 is 4.79 Å². The van der Waals surface area contributed by atoms with Crippen LogP contribution in [0.5, 0.6) is 0 Å². The lowest BCUT2D eigenvalue weighted by Crippen LogP contribution is -2.16. The first-order chi connectivity index (χ1) is 10.0. The highest BCUT2D eigenvalue weighted by Crippen LogP contribution is 2.37. The molecule has 21 heavy (non-hydrogen) atoms. The minimum Gasteiger partial charge on any atom is -0.322 e. The number of benzene rings is 1. The van der Waals surface area contributed by atoms with Crippen molar-refractivity contribution in [1.29, 1.82) is 0 Å². The van der Waals surface area contributed by atoms with E-state index in [-0.39, 0.29) is 5.91 Å². The average Bonchev–Trinajstić information content (AvgIpc) is 3.27. The number of aromatic nitrogens is 2. The number of carbonyl (C=O) groups excluding carboxylic acids is 1. The number of nitrogens with one attached hydrogen (secondary N) is 1. The lowest BCUT2D eigenvalue weighted by Gasteiger charge is -2.10. The van der Waals surface area contributed by atoms with Crippen molar-refractivity contribution in [3.05, 3.63) is 52.1 Å². The summed E-state index contributed by atoms with van der Waals surface area (Å²) in [6.45, 7) is 3.76. The third kappa shape index (κ3) is 3.05. The molecule has 1 heterocycles. The van der Waals surface area contributed by atoms with E-state index in [4.69, 9.17) is 11.6 Å². The van der Waals surface area contributed by atoms with Crippen LogP contribution in [-0.4, -0.2) is 15.9 Å². The Kier molecular flexibility index (Phi) is 3.64. The highest BCUT2D eigenvalue weighted by Gasteiger charge is 2.27. The molecule has 108 valence electrons. The number of nitrogens with zero attached hydrogens (tertiary/aromatic N) is 2. The molecule has 0 radical (unpaired) electrons. The molecule has 0 spiro atoms. The smallest absolute Gasteiger partial charge is 0.259 e. The van der Waals surface area contributed by atoms with E-state index < -0.39 is 0 Å². The number of hydrogen-bond acceptors (Lipinski definition) is 3. The third-order valence-corrected chi connectivity index (χ3v) is 3.87. The lowest BCUT2D eigenvalue weighted by molar-refractivity contribution is 0.102. The van der Waals surface area contributed by atoms with Gasteiger partial charge in [-0.3, -0.25) is 4.79 Å². The summed E-state index contributed by atoms with van der Waals surface area (Å²) in [5.74, 6) is 1.12. The van der Waals surface area contributed by atoms with Crippen LogP contribution >= 0.6 is 11.6 Å². The number of amides is 1. The number of anilines is 1. The highest BCUT2D eigenvalue weighted by atomic mass is 35.5. The summed E-state index contributed by atoms with van der Waals surface area (Å²) >= 11 is 5.96. The van der Waals surface area contributed by atoms with Gasteiger partial charge in [-0.1, -0.05) is 17.7 Å². The summed E-state index contributed by atoms with van der Waals surface area (Å²) in [5.41, 5.74) is 2.88. The second-order valence-corrected chi connectivity index (χ2v) is 5.85. The molecule has 1 N–H and O–H groups in total. The first-order valence-corrected chi connectivity index (χ1v) is 7.33. The van der Waals surface area contributed by atoms with E-state index in [1.54, 1.807) is 18.3 Å². The van der Waals surface area contributed by atoms with Crippen molar-refractivity contribution in [1.82, 2.24) is 9.97 Å². The molecular weight excluding hydrogens is 286 g/mol. The number of rotatable bonds is 3. The van der Waals surface area contributed by atoms with Crippen molar-refractivity contribution in [3.63, 3.8) is 0 Å². The summed E-state index contributed by atoms with van der Waals surface area (Å²) in [5, 5.41) is 3.46. The molecule has 1 fully saturated rings. The highest BCUT2D eigenvalue weighted by molar-refractivity contribution is 6.31. The van der Waals surface area contributed by atoms with Gasteiger partial charge in [0.1, 0.15) is 5.82 Å². The van der Waals surface area contributed by atoms with E-state index in [2.05, 4.69) is 15.3 Å². The summed E-state index contributed by atoms with van der Waals surface area (Å²) in [6.07, 6.45) is 3.91. The first kappa shape index (κ1) is 14.0. The van der Waals surface area contributed by atoms with Crippen molar-refractivity contribution in [2.75, 3.05) is 5.32 Å². The van der Waals surface area contributed by atoms with Gasteiger partial charge in [0.2, 0.25) is 0 Å². The molecule has 3 rings (SSSR count). The molecular formula is C16H16ClN3O. The van der Waals surface area contributed by atoms with Gasteiger partial charge in [-0.25, -0.2) is 9.97 Å². The second kappa shape index (κ2) is 5.45. The number of hydrogen-bond donors (Lipinski definition) is 1. The van der Waals surface area contributed by atoms with Crippen LogP contribution < -0.4 is 5.32 Å². The fourth-order valence-electron chi connectivity index (χ4n) is 2.16. The Bertz CT molecular complexity index is 711. The molecule has 1 aliphatic rings. The molecule has 0 aliphatic heterocycles. The zero-order valence-corrected chi connectivity index (χ0v) is 12.7. The van der Waals surface area contributed by atoms with Crippen LogP contribution in [-0.2, 0) is 0 Å². The molecule has 0 saturated heterocycles. The molecule has 0 unspecified atom stereocenters. The van der Waals surface area contributed by atoms with Crippen LogP contribution in [0.1, 0.15) is 46.2 Å². The van der Waals surface area contributed by atoms with Gasteiger partial charge < -0.3 is 5.32 Å². The van der Waals surface area contributed by atoms with E-state index in [0.717, 1.165) is 24.2 Å². The zero-order chi connectivity index (χ0) is 15.0. The van der Waals surface area contributed by atoms with Crippen molar-refractivity contribution in [2.24, 2.45) is 0 Å². The summed E-state index contributed by atoms with van der Waals surface area (Å²) < 4.78 is 0. The third-order valence-electron chi connectivity index (χ3n) is 3.63. The Hall–Kier alpha value is -1.94. The van der Waals surface area contributed by atoms with Crippen molar-refractivity contribution in [3.8, 4) is 0 Å². The fourth-order valence-corrected chi connectivity index (χ4v) is 2.34. The maximum absolute atomic E-state index is 12.4. The normalized spacial score (nSPS) is 14.0. The van der Waals surface area contributed by atoms with Crippen LogP contribution in [0.4, 0.5) is 5.69 Å². The first-order valence-electron chi connectivity index (χ1n) is 6.95. The molecule has 5 heteroatoms. The SMILES string of the molecule is Cc1ccc(Cl)cc1NC(=O)c1cnc(C2CC2)nc1C. The quantitative estimate of drug-likeness (QED) is 0.936. The van der Waals surface area contributed by atoms with Crippen LogP contribution in [0.25, 0.3) is 0 Å². The summed E-state index contributed by atoms with van der Waals surface area (Å²) in [6, 6.07) is 5.41. The topological polar surface area (TPSA) is 54.9 Å². The van der Waals surface area contributed by atoms with E-state index in [1.807, 2.05) is 19.9 Å². The Balaban J connectivity index is 1.83. The molecule has 1 saturated carbocycles. The standard InChI is InChI=1S/C16H16ClN3O/c1-9-3-6-12(17)7-14(9)20-16(21)13-8-18-15(11-4-5-11)19-10(13)2/h3,6-8,11H,4-5H2,1-2H3,(H,20,21). The van der Waals surface area contributed by atoms with Gasteiger partial charge in [0, 0.05) is 22.8 Å². The van der Waals surface area contributed by atoms with Gasteiger partial charge >= 0.3 is 0 Å². The molecule has 0 atom stereocenters. The average molecular weight is 302 g/mol. The predicted molar refractivity (Wildman–Crippen MR) is 82.9 cm³/mol. The Labute approximate surface area is 128 Å². The number of carbonyl (C=O) groups is 1. The second-order valence-electron chi connectivity index (χ2n) is 5.41. The van der Waals surface area contributed by atoms with Crippen LogP contribution in [0.2, 0.25) is 5.02 Å². The molecule has 1 aromatic heterocycles. The van der Waals surface area contributed by atoms with Crippen molar-refractivity contribution >= 4 is 23.2 Å². The van der Waals surface area contributed by atoms with Gasteiger partial charge in [0.15, 0.2) is 0 Å². The lowest BCUT2D eigenvalue weighted by atomic mass is 10.1. The van der Waals surface area contributed by atoms with Crippen LogP contribution in [0.15, 0.2) is 24.4 Å². The van der Waals surface area contributed by atoms with E-state index in [1.165, 1.54) is 0 Å². The largest absolute Gasteiger partial charge is 0.322 e. The van der Waals surface area contributed by atoms with Gasteiger partial charge in [0.25, 0.3) is 5.91 Å². The summed E-state index contributed by atoms with van der Waals surface area (Å²) in [7, 11) is 0. The van der Waals surface area contributed by atoms with Crippen LogP contribution in [0.3, 0.4) is 0 Å². The molecule has 0 bridgehead atoms. The molecule has 1 amide bonds. The molecule has 4 nitrogen and oxygen atoms in total. The number of aryl methyl sites for hydroxylation is 2.